The highest BCUT2D eigenvalue weighted by Gasteiger charge is 2.30. The molecule has 2 unspecified atom stereocenters. The monoisotopic (exact) mass is 452 g/mol. The van der Waals surface area contributed by atoms with Crippen molar-refractivity contribution in [2.75, 3.05) is 13.2 Å². The Morgan fingerprint density at radius 1 is 0.767 bits per heavy atom. The van der Waals surface area contributed by atoms with E-state index in [1.807, 2.05) is 0 Å². The predicted molar refractivity (Wildman–Crippen MR) is 120 cm³/mol. The molecule has 180 valence electrons. The van der Waals surface area contributed by atoms with E-state index in [2.05, 4.69) is 11.4 Å². The first-order valence-corrected chi connectivity index (χ1v) is 13.5. The highest BCUT2D eigenvalue weighted by atomic mass is 31.2. The molecule has 0 aromatic heterocycles. The first-order valence-electron chi connectivity index (χ1n) is 11.9. The summed E-state index contributed by atoms with van der Waals surface area (Å²) in [4.78, 5) is 19.4. The number of unbranched alkanes of at least 4 members (excludes halogenated alkanes) is 15. The Bertz CT molecular complexity index is 445. The van der Waals surface area contributed by atoms with Gasteiger partial charge in [0.05, 0.1) is 6.61 Å². The number of rotatable bonds is 23. The molecular formula is C22H45O7P. The Kier molecular flexibility index (Phi) is 20.1. The van der Waals surface area contributed by atoms with Crippen molar-refractivity contribution in [3.05, 3.63) is 0 Å². The summed E-state index contributed by atoms with van der Waals surface area (Å²) >= 11 is 0. The molecule has 0 rings (SSSR count). The number of hydrogen-bond donors (Lipinski definition) is 3. The van der Waals surface area contributed by atoms with Crippen LogP contribution in [0.2, 0.25) is 0 Å². The maximum absolute atomic E-state index is 11.0. The van der Waals surface area contributed by atoms with Gasteiger partial charge in [-0.15, -0.1) is 0 Å². The Balaban J connectivity index is 3.25. The maximum atomic E-state index is 11.0. The van der Waals surface area contributed by atoms with E-state index in [4.69, 9.17) is 14.7 Å². The average molecular weight is 453 g/mol. The zero-order valence-electron chi connectivity index (χ0n) is 18.9. The van der Waals surface area contributed by atoms with Crippen molar-refractivity contribution < 1.29 is 33.7 Å². The van der Waals surface area contributed by atoms with Crippen LogP contribution in [-0.2, 0) is 13.8 Å². The third kappa shape index (κ3) is 19.5. The van der Waals surface area contributed by atoms with Crippen molar-refractivity contribution in [2.24, 2.45) is 0 Å². The number of aliphatic hydroxyl groups excluding tert-OH is 1. The highest BCUT2D eigenvalue weighted by Crippen LogP contribution is 2.42. The number of carbonyl (C=O) groups is 1. The van der Waals surface area contributed by atoms with Crippen LogP contribution in [-0.4, -0.2) is 40.3 Å². The van der Waals surface area contributed by atoms with Crippen LogP contribution in [0.4, 0.5) is 4.79 Å². The van der Waals surface area contributed by atoms with Gasteiger partial charge < -0.3 is 24.4 Å². The van der Waals surface area contributed by atoms with Gasteiger partial charge in [-0.1, -0.05) is 103 Å². The van der Waals surface area contributed by atoms with Gasteiger partial charge in [-0.05, 0) is 6.42 Å². The van der Waals surface area contributed by atoms with Crippen molar-refractivity contribution >= 4 is 13.3 Å². The van der Waals surface area contributed by atoms with Gasteiger partial charge in [-0.2, -0.15) is 0 Å². The summed E-state index contributed by atoms with van der Waals surface area (Å²) in [5.41, 5.74) is -1.90. The number of carboxylic acid groups (broad SMARTS) is 1. The molecule has 2 atom stereocenters. The van der Waals surface area contributed by atoms with Crippen LogP contribution < -0.4 is 0 Å². The van der Waals surface area contributed by atoms with E-state index < -0.39 is 19.6 Å². The molecule has 8 heteroatoms. The molecule has 0 heterocycles. The van der Waals surface area contributed by atoms with E-state index in [0.717, 1.165) is 19.3 Å². The first kappa shape index (κ1) is 29.5. The molecule has 0 aliphatic rings. The minimum absolute atomic E-state index is 0.0450. The highest BCUT2D eigenvalue weighted by molar-refractivity contribution is 7.70. The summed E-state index contributed by atoms with van der Waals surface area (Å²) in [7, 11) is -4.64. The summed E-state index contributed by atoms with van der Waals surface area (Å²) < 4.78 is 20.6. The van der Waals surface area contributed by atoms with Crippen molar-refractivity contribution in [2.45, 2.75) is 122 Å². The van der Waals surface area contributed by atoms with Crippen molar-refractivity contribution in [3.8, 4) is 0 Å². The quantitative estimate of drug-likeness (QED) is 0.0882. The molecule has 0 bridgehead atoms. The van der Waals surface area contributed by atoms with Crippen molar-refractivity contribution in [3.63, 3.8) is 0 Å². The van der Waals surface area contributed by atoms with E-state index in [9.17, 15) is 14.5 Å². The molecule has 0 spiro atoms. The topological polar surface area (TPSA) is 113 Å². The molecule has 0 aromatic carbocycles. The average Bonchev–Trinajstić information content (AvgIpc) is 2.70. The summed E-state index contributed by atoms with van der Waals surface area (Å²) in [6.07, 6.45) is 19.5. The molecule has 0 saturated heterocycles. The predicted octanol–water partition coefficient (Wildman–Crippen LogP) is 6.85. The normalized spacial score (nSPS) is 14.5. The second kappa shape index (κ2) is 20.4. The Hall–Kier alpha value is -0.460. The van der Waals surface area contributed by atoms with Gasteiger partial charge in [0, 0.05) is 13.0 Å². The lowest BCUT2D eigenvalue weighted by Gasteiger charge is -2.13. The molecule has 7 nitrogen and oxygen atoms in total. The second-order valence-electron chi connectivity index (χ2n) is 8.05. The molecule has 0 aromatic rings. The van der Waals surface area contributed by atoms with Crippen LogP contribution in [0.15, 0.2) is 0 Å². The Morgan fingerprint density at radius 3 is 1.57 bits per heavy atom. The van der Waals surface area contributed by atoms with Gasteiger partial charge in [-0.3, -0.25) is 0 Å². The van der Waals surface area contributed by atoms with E-state index >= 15 is 0 Å². The number of aliphatic hydroxyl groups is 1. The lowest BCUT2D eigenvalue weighted by atomic mass is 10.0. The lowest BCUT2D eigenvalue weighted by molar-refractivity contribution is -0.108. The van der Waals surface area contributed by atoms with Crippen LogP contribution in [0.5, 0.6) is 0 Å². The van der Waals surface area contributed by atoms with Gasteiger partial charge in [0.15, 0.2) is 6.29 Å². The summed E-state index contributed by atoms with van der Waals surface area (Å²) in [5, 5.41) is 18.0. The van der Waals surface area contributed by atoms with Crippen LogP contribution in [0, 0.1) is 0 Å². The van der Waals surface area contributed by atoms with Crippen LogP contribution in [0.1, 0.15) is 116 Å². The standard InChI is InChI=1S/C22H45O7P/c1-2-3-4-5-6-7-8-9-10-11-12-13-14-15-16-17-19-28-21(23)18-20-29-30(26,27)22(24)25/h21,23H,2-20H2,1H3,(H,24,25)(H,26,27). The molecule has 0 fully saturated rings. The van der Waals surface area contributed by atoms with Crippen LogP contribution in [0.25, 0.3) is 0 Å². The van der Waals surface area contributed by atoms with E-state index in [-0.39, 0.29) is 13.0 Å². The zero-order chi connectivity index (χ0) is 22.5. The van der Waals surface area contributed by atoms with Crippen LogP contribution >= 0.6 is 7.60 Å². The van der Waals surface area contributed by atoms with E-state index in [0.29, 0.717) is 6.61 Å². The molecule has 0 amide bonds. The molecule has 0 radical (unpaired) electrons. The van der Waals surface area contributed by atoms with Gasteiger partial charge in [-0.25, -0.2) is 9.36 Å². The van der Waals surface area contributed by atoms with Gasteiger partial charge in [0.2, 0.25) is 0 Å². The minimum atomic E-state index is -4.64. The molecule has 0 aliphatic carbocycles. The fourth-order valence-electron chi connectivity index (χ4n) is 3.29. The Morgan fingerprint density at radius 2 is 1.17 bits per heavy atom. The molecule has 30 heavy (non-hydrogen) atoms. The minimum Gasteiger partial charge on any atom is -0.472 e. The third-order valence-corrected chi connectivity index (χ3v) is 6.20. The Labute approximate surface area is 183 Å². The molecular weight excluding hydrogens is 407 g/mol. The fourth-order valence-corrected chi connectivity index (χ4v) is 3.75. The molecule has 3 N–H and O–H groups in total. The van der Waals surface area contributed by atoms with Crippen LogP contribution in [0.3, 0.4) is 0 Å². The first-order chi connectivity index (χ1) is 14.4. The van der Waals surface area contributed by atoms with Gasteiger partial charge in [0.1, 0.15) is 0 Å². The van der Waals surface area contributed by atoms with Crippen molar-refractivity contribution in [1.82, 2.24) is 0 Å². The zero-order valence-corrected chi connectivity index (χ0v) is 19.8. The molecule has 0 saturated carbocycles. The fraction of sp³-hybridized carbons (Fsp3) is 0.955. The summed E-state index contributed by atoms with van der Waals surface area (Å²) in [6, 6.07) is 0. The summed E-state index contributed by atoms with van der Waals surface area (Å²) in [5.74, 6) is 0. The largest absolute Gasteiger partial charge is 0.472 e. The SMILES string of the molecule is CCCCCCCCCCCCCCCCCCOC(O)CCOP(=O)(O)C(=O)O. The third-order valence-electron chi connectivity index (χ3n) is 5.18. The number of hydrogen-bond acceptors (Lipinski definition) is 5. The van der Waals surface area contributed by atoms with E-state index in [1.54, 1.807) is 0 Å². The molecule has 0 aliphatic heterocycles. The van der Waals surface area contributed by atoms with E-state index in [1.165, 1.54) is 83.5 Å². The van der Waals surface area contributed by atoms with Crippen molar-refractivity contribution in [1.29, 1.82) is 0 Å². The summed E-state index contributed by atoms with van der Waals surface area (Å²) in [6.45, 7) is 2.32. The smallest absolute Gasteiger partial charge is 0.435 e. The van der Waals surface area contributed by atoms with Gasteiger partial charge in [0.25, 0.3) is 0 Å². The lowest BCUT2D eigenvalue weighted by Crippen LogP contribution is -2.15. The second-order valence-corrected chi connectivity index (χ2v) is 9.74. The van der Waals surface area contributed by atoms with Gasteiger partial charge >= 0.3 is 13.3 Å². The number of ether oxygens (including phenoxy) is 1. The maximum Gasteiger partial charge on any atom is 0.435 e.